The summed E-state index contributed by atoms with van der Waals surface area (Å²) in [5, 5.41) is 19.0. The number of anilines is 1. The number of benzene rings is 1. The number of nitrogen functional groups attached to an aromatic ring is 1. The number of likely N-dealkylation sites (tertiary alicyclic amines) is 1. The zero-order valence-corrected chi connectivity index (χ0v) is 16.5. The number of nitrogens with one attached hydrogen (secondary N) is 1. The van der Waals surface area contributed by atoms with Crippen molar-refractivity contribution in [3.8, 4) is 16.9 Å². The summed E-state index contributed by atoms with van der Waals surface area (Å²) in [6.45, 7) is 3.62. The molecule has 0 radical (unpaired) electrons. The van der Waals surface area contributed by atoms with Gasteiger partial charge in [-0.3, -0.25) is 4.79 Å². The Morgan fingerprint density at radius 3 is 2.47 bits per heavy atom. The topological polar surface area (TPSA) is 146 Å². The molecule has 0 amide bonds. The maximum Gasteiger partial charge on any atom is 0.342 e. The number of pyridine rings is 1. The Hall–Kier alpha value is -3.33. The molecule has 160 valence electrons. The van der Waals surface area contributed by atoms with Crippen molar-refractivity contribution >= 4 is 17.8 Å². The molecular weight excluding hydrogens is 390 g/mol. The van der Waals surface area contributed by atoms with E-state index in [0.717, 1.165) is 26.1 Å². The maximum absolute atomic E-state index is 12.2. The van der Waals surface area contributed by atoms with Crippen LogP contribution < -0.4 is 16.0 Å². The third-order valence-electron chi connectivity index (χ3n) is 5.13. The minimum atomic E-state index is -1.54. The summed E-state index contributed by atoms with van der Waals surface area (Å²) in [5.74, 6) is -2.92. The van der Waals surface area contributed by atoms with E-state index in [0.29, 0.717) is 12.4 Å². The number of nitrogens with two attached hydrogens (primary N) is 1. The summed E-state index contributed by atoms with van der Waals surface area (Å²) in [4.78, 5) is 40.0. The van der Waals surface area contributed by atoms with E-state index in [2.05, 4.69) is 9.88 Å². The van der Waals surface area contributed by atoms with Gasteiger partial charge in [-0.25, -0.2) is 9.59 Å². The van der Waals surface area contributed by atoms with Crippen molar-refractivity contribution in [1.29, 1.82) is 0 Å². The smallest absolute Gasteiger partial charge is 0.342 e. The number of hydrogen-bond donors (Lipinski definition) is 4. The van der Waals surface area contributed by atoms with Crippen LogP contribution in [-0.2, 0) is 0 Å². The van der Waals surface area contributed by atoms with Crippen LogP contribution in [0, 0.1) is 0 Å². The van der Waals surface area contributed by atoms with Gasteiger partial charge in [-0.1, -0.05) is 18.6 Å². The lowest BCUT2D eigenvalue weighted by Gasteiger charge is -2.26. The Balaban J connectivity index is 1.84. The number of H-pyrrole nitrogens is 1. The second kappa shape index (κ2) is 9.45. The first-order chi connectivity index (χ1) is 14.4. The molecule has 9 heteroatoms. The number of carboxylic acid groups (broad SMARTS) is 2. The van der Waals surface area contributed by atoms with Crippen LogP contribution in [0.1, 0.15) is 46.4 Å². The van der Waals surface area contributed by atoms with Crippen LogP contribution >= 0.6 is 0 Å². The normalized spacial score (nSPS) is 14.4. The van der Waals surface area contributed by atoms with Crippen LogP contribution in [0.2, 0.25) is 0 Å². The van der Waals surface area contributed by atoms with E-state index in [1.165, 1.54) is 31.4 Å². The van der Waals surface area contributed by atoms with E-state index < -0.39 is 34.4 Å². The number of carbonyl (C=O) groups is 2. The monoisotopic (exact) mass is 415 g/mol. The summed E-state index contributed by atoms with van der Waals surface area (Å²) < 4.78 is 5.78. The minimum absolute atomic E-state index is 0.233. The number of aromatic carboxylic acids is 2. The fourth-order valence-corrected chi connectivity index (χ4v) is 3.74. The molecule has 1 aromatic carbocycles. The van der Waals surface area contributed by atoms with Crippen molar-refractivity contribution in [3.63, 3.8) is 0 Å². The molecule has 0 atom stereocenters. The van der Waals surface area contributed by atoms with Gasteiger partial charge in [0, 0.05) is 12.1 Å². The molecule has 0 saturated carbocycles. The van der Waals surface area contributed by atoms with Crippen molar-refractivity contribution < 1.29 is 24.5 Å². The van der Waals surface area contributed by atoms with E-state index in [9.17, 15) is 24.6 Å². The van der Waals surface area contributed by atoms with E-state index in [1.54, 1.807) is 12.1 Å². The Labute approximate surface area is 173 Å². The number of hydrogen-bond acceptors (Lipinski definition) is 6. The molecule has 30 heavy (non-hydrogen) atoms. The zero-order valence-electron chi connectivity index (χ0n) is 16.5. The fraction of sp³-hybridized carbons (Fsp3) is 0.381. The highest BCUT2D eigenvalue weighted by molar-refractivity contribution is 6.07. The van der Waals surface area contributed by atoms with Crippen molar-refractivity contribution in [1.82, 2.24) is 9.88 Å². The number of aromatic nitrogens is 1. The average molecular weight is 415 g/mol. The molecule has 1 fully saturated rings. The van der Waals surface area contributed by atoms with Crippen LogP contribution in [0.15, 0.2) is 29.1 Å². The highest BCUT2D eigenvalue weighted by Gasteiger charge is 2.26. The molecule has 3 rings (SSSR count). The lowest BCUT2D eigenvalue weighted by molar-refractivity contribution is 0.0695. The highest BCUT2D eigenvalue weighted by atomic mass is 16.5. The van der Waals surface area contributed by atoms with Gasteiger partial charge in [0.25, 0.3) is 5.56 Å². The first-order valence-electron chi connectivity index (χ1n) is 9.86. The molecular formula is C21H25N3O6. The summed E-state index contributed by atoms with van der Waals surface area (Å²) in [6, 6.07) is 6.35. The van der Waals surface area contributed by atoms with Gasteiger partial charge in [0.15, 0.2) is 0 Å². The largest absolute Gasteiger partial charge is 0.494 e. The quantitative estimate of drug-likeness (QED) is 0.480. The second-order valence-electron chi connectivity index (χ2n) is 7.24. The number of aromatic amines is 1. The zero-order chi connectivity index (χ0) is 21.7. The van der Waals surface area contributed by atoms with Gasteiger partial charge in [0.1, 0.15) is 22.7 Å². The van der Waals surface area contributed by atoms with E-state index >= 15 is 0 Å². The van der Waals surface area contributed by atoms with E-state index in [4.69, 9.17) is 10.5 Å². The van der Waals surface area contributed by atoms with Gasteiger partial charge in [0.05, 0.1) is 6.61 Å². The molecule has 9 nitrogen and oxygen atoms in total. The SMILES string of the molecule is Nc1[nH]c(=O)c(C(=O)O)c(-c2cccc(OCCCN3CCCCC3)c2)c1C(=O)O. The molecule has 2 heterocycles. The molecule has 1 saturated heterocycles. The number of rotatable bonds is 8. The Morgan fingerprint density at radius 1 is 1.10 bits per heavy atom. The Kier molecular flexibility index (Phi) is 6.73. The summed E-state index contributed by atoms with van der Waals surface area (Å²) in [7, 11) is 0. The molecule has 0 unspecified atom stereocenters. The van der Waals surface area contributed by atoms with Gasteiger partial charge in [0.2, 0.25) is 0 Å². The lowest BCUT2D eigenvalue weighted by Crippen LogP contribution is -2.31. The number of ether oxygens (including phenoxy) is 1. The van der Waals surface area contributed by atoms with Crippen LogP contribution in [0.5, 0.6) is 5.75 Å². The van der Waals surface area contributed by atoms with Gasteiger partial charge >= 0.3 is 11.9 Å². The molecule has 1 aromatic heterocycles. The molecule has 2 aromatic rings. The number of carboxylic acids is 2. The highest BCUT2D eigenvalue weighted by Crippen LogP contribution is 2.31. The Bertz CT molecular complexity index is 995. The Morgan fingerprint density at radius 2 is 1.80 bits per heavy atom. The second-order valence-corrected chi connectivity index (χ2v) is 7.24. The van der Waals surface area contributed by atoms with Gasteiger partial charge in [-0.05, 0) is 50.0 Å². The first kappa shape index (κ1) is 21.4. The average Bonchev–Trinajstić information content (AvgIpc) is 2.71. The first-order valence-corrected chi connectivity index (χ1v) is 9.86. The van der Waals surface area contributed by atoms with Gasteiger partial charge in [-0.15, -0.1) is 0 Å². The standard InChI is InChI=1S/C21H25N3O6/c22-18-16(20(26)27)15(17(21(28)29)19(25)23-18)13-6-4-7-14(12-13)30-11-5-10-24-8-2-1-3-9-24/h4,6-7,12H,1-3,5,8-11H2,(H,26,27)(H,28,29)(H3,22,23,25). The molecule has 0 spiro atoms. The van der Waals surface area contributed by atoms with Gasteiger partial charge < -0.3 is 30.6 Å². The maximum atomic E-state index is 12.2. The van der Waals surface area contributed by atoms with Crippen LogP contribution in [-0.4, -0.2) is 58.3 Å². The van der Waals surface area contributed by atoms with Crippen molar-refractivity contribution in [3.05, 3.63) is 45.7 Å². The van der Waals surface area contributed by atoms with Crippen LogP contribution in [0.3, 0.4) is 0 Å². The predicted molar refractivity (Wildman–Crippen MR) is 111 cm³/mol. The molecule has 1 aliphatic rings. The molecule has 0 aliphatic carbocycles. The fourth-order valence-electron chi connectivity index (χ4n) is 3.74. The van der Waals surface area contributed by atoms with Gasteiger partial charge in [-0.2, -0.15) is 0 Å². The van der Waals surface area contributed by atoms with E-state index in [-0.39, 0.29) is 11.1 Å². The van der Waals surface area contributed by atoms with Crippen molar-refractivity contribution in [2.24, 2.45) is 0 Å². The summed E-state index contributed by atoms with van der Waals surface area (Å²) in [6.07, 6.45) is 4.56. The number of nitrogens with zero attached hydrogens (tertiary/aromatic N) is 1. The number of piperidine rings is 1. The van der Waals surface area contributed by atoms with Crippen LogP contribution in [0.4, 0.5) is 5.82 Å². The predicted octanol–water partition coefficient (Wildman–Crippen LogP) is 2.28. The van der Waals surface area contributed by atoms with Crippen LogP contribution in [0.25, 0.3) is 11.1 Å². The third kappa shape index (κ3) is 4.80. The molecule has 1 aliphatic heterocycles. The minimum Gasteiger partial charge on any atom is -0.494 e. The van der Waals surface area contributed by atoms with E-state index in [1.807, 2.05) is 0 Å². The third-order valence-corrected chi connectivity index (χ3v) is 5.13. The van der Waals surface area contributed by atoms with Crippen molar-refractivity contribution in [2.45, 2.75) is 25.7 Å². The molecule has 5 N–H and O–H groups in total. The summed E-state index contributed by atoms with van der Waals surface area (Å²) in [5.41, 5.74) is 3.56. The molecule has 0 bridgehead atoms. The van der Waals surface area contributed by atoms with Crippen molar-refractivity contribution in [2.75, 3.05) is 32.0 Å². The summed E-state index contributed by atoms with van der Waals surface area (Å²) >= 11 is 0. The lowest BCUT2D eigenvalue weighted by atomic mass is 9.95.